The van der Waals surface area contributed by atoms with Crippen molar-refractivity contribution in [3.8, 4) is 0 Å². The highest BCUT2D eigenvalue weighted by Crippen LogP contribution is 2.11. The summed E-state index contributed by atoms with van der Waals surface area (Å²) in [5.74, 6) is 0.470. The van der Waals surface area contributed by atoms with Gasteiger partial charge >= 0.3 is 7.95 Å². The van der Waals surface area contributed by atoms with Crippen LogP contribution in [0.5, 0.6) is 0 Å². The third kappa shape index (κ3) is 12.4. The maximum absolute atomic E-state index is 8.64. The van der Waals surface area contributed by atoms with Gasteiger partial charge in [-0.15, -0.1) is 0 Å². The summed E-state index contributed by atoms with van der Waals surface area (Å²) in [6.45, 7) is 4.58. The lowest BCUT2D eigenvalue weighted by atomic mass is 10.5. The van der Waals surface area contributed by atoms with E-state index in [4.69, 9.17) is 23.9 Å². The van der Waals surface area contributed by atoms with Gasteiger partial charge in [0.2, 0.25) is 0 Å². The van der Waals surface area contributed by atoms with Crippen LogP contribution in [-0.4, -0.2) is 47.6 Å². The first-order chi connectivity index (χ1) is 6.42. The van der Waals surface area contributed by atoms with Crippen LogP contribution in [0.15, 0.2) is 0 Å². The molecule has 0 aromatic rings. The highest BCUT2D eigenvalue weighted by atomic mass is 32.4. The summed E-state index contributed by atoms with van der Waals surface area (Å²) in [6, 6.07) is 0. The van der Waals surface area contributed by atoms with E-state index in [2.05, 4.69) is 0 Å². The fraction of sp³-hybridized carbons (Fsp3) is 1.00. The van der Waals surface area contributed by atoms with Gasteiger partial charge in [0.05, 0.1) is 12.7 Å². The average molecular weight is 242 g/mol. The lowest BCUT2D eigenvalue weighted by Crippen LogP contribution is -2.30. The number of hydrogen-bond donors (Lipinski definition) is 3. The summed E-state index contributed by atoms with van der Waals surface area (Å²) in [6.07, 6.45) is 0.805. The van der Waals surface area contributed by atoms with Crippen LogP contribution in [0.3, 0.4) is 0 Å². The van der Waals surface area contributed by atoms with Crippen molar-refractivity contribution in [1.29, 1.82) is 0 Å². The van der Waals surface area contributed by atoms with Crippen molar-refractivity contribution in [3.05, 3.63) is 0 Å². The van der Waals surface area contributed by atoms with Crippen LogP contribution in [0.1, 0.15) is 20.3 Å². The van der Waals surface area contributed by atoms with E-state index < -0.39 is 7.95 Å². The largest absolute Gasteiger partial charge is 0.565 e. The highest BCUT2D eigenvalue weighted by Gasteiger charge is 2.27. The van der Waals surface area contributed by atoms with Gasteiger partial charge in [-0.05, 0) is 26.0 Å². The van der Waals surface area contributed by atoms with Gasteiger partial charge < -0.3 is 23.9 Å². The number of hydrogen-bond acceptors (Lipinski definition) is 6. The minimum Gasteiger partial charge on any atom is -0.382 e. The molecule has 0 unspecified atom stereocenters. The third-order valence-electron chi connectivity index (χ3n) is 1.21. The molecule has 0 saturated heterocycles. The van der Waals surface area contributed by atoms with Crippen molar-refractivity contribution >= 4 is 19.2 Å². The molecule has 0 spiro atoms. The second-order valence-electron chi connectivity index (χ2n) is 3.02. The monoisotopic (exact) mass is 242 g/mol. The Hall–Kier alpha value is 0.367. The van der Waals surface area contributed by atoms with Crippen LogP contribution < -0.4 is 0 Å². The topological polar surface area (TPSA) is 79.2 Å². The zero-order valence-electron chi connectivity index (χ0n) is 8.47. The van der Waals surface area contributed by atoms with Crippen molar-refractivity contribution in [1.82, 2.24) is 0 Å². The molecule has 0 radical (unpaired) electrons. The fourth-order valence-corrected chi connectivity index (χ4v) is 2.40. The van der Waals surface area contributed by atoms with E-state index in [0.29, 0.717) is 18.8 Å². The Morgan fingerprint density at radius 3 is 2.43 bits per heavy atom. The molecule has 0 aliphatic heterocycles. The molecule has 0 heterocycles. The summed E-state index contributed by atoms with van der Waals surface area (Å²) >= 11 is 0.783. The lowest BCUT2D eigenvalue weighted by Gasteiger charge is -2.09. The Morgan fingerprint density at radius 1 is 1.29 bits per heavy atom. The van der Waals surface area contributed by atoms with Gasteiger partial charge in [0.25, 0.3) is 0 Å². The second-order valence-corrected chi connectivity index (χ2v) is 7.37. The molecule has 14 heavy (non-hydrogen) atoms. The zero-order valence-corrected chi connectivity index (χ0v) is 10.3. The summed E-state index contributed by atoms with van der Waals surface area (Å²) in [7, 11) is -3.91. The minimum absolute atomic E-state index is 0.150. The van der Waals surface area contributed by atoms with Crippen molar-refractivity contribution in [2.24, 2.45) is 0 Å². The van der Waals surface area contributed by atoms with Crippen molar-refractivity contribution < 1.29 is 23.9 Å². The Bertz CT molecular complexity index is 139. The van der Waals surface area contributed by atoms with Crippen LogP contribution >= 0.6 is 11.2 Å². The number of rotatable bonds is 8. The van der Waals surface area contributed by atoms with Gasteiger partial charge in [-0.1, -0.05) is 11.2 Å². The molecular weight excluding hydrogens is 224 g/mol. The van der Waals surface area contributed by atoms with E-state index in [-0.39, 0.29) is 12.9 Å². The number of ether oxygens (including phenoxy) is 2. The summed E-state index contributed by atoms with van der Waals surface area (Å²) in [4.78, 5) is 25.9. The SMILES string of the molecule is CC(C)OCOCCCS[Si](O)(O)O. The van der Waals surface area contributed by atoms with Gasteiger partial charge in [-0.3, -0.25) is 0 Å². The van der Waals surface area contributed by atoms with Gasteiger partial charge in [0.15, 0.2) is 0 Å². The standard InChI is InChI=1S/C7H18O5SSi/c1-7(2)12-6-11-4-3-5-13-14(8,9)10/h7-10H,3-6H2,1-2H3. The first-order valence-electron chi connectivity index (χ1n) is 4.42. The molecule has 0 rings (SSSR count). The molecule has 0 bridgehead atoms. The molecular formula is C7H18O5SSi. The molecule has 0 fully saturated rings. The van der Waals surface area contributed by atoms with E-state index in [1.165, 1.54) is 0 Å². The minimum atomic E-state index is -3.91. The van der Waals surface area contributed by atoms with E-state index in [1.54, 1.807) is 0 Å². The van der Waals surface area contributed by atoms with Crippen LogP contribution in [0, 0.1) is 0 Å². The van der Waals surface area contributed by atoms with Crippen molar-refractivity contribution in [3.63, 3.8) is 0 Å². The highest BCUT2D eigenvalue weighted by molar-refractivity contribution is 8.26. The zero-order chi connectivity index (χ0) is 11.0. The second kappa shape index (κ2) is 7.63. The summed E-state index contributed by atoms with van der Waals surface area (Å²) in [5, 5.41) is 0. The van der Waals surface area contributed by atoms with Crippen LogP contribution in [0.25, 0.3) is 0 Å². The first kappa shape index (κ1) is 14.4. The maximum Gasteiger partial charge on any atom is 0.565 e. The van der Waals surface area contributed by atoms with E-state index in [9.17, 15) is 0 Å². The lowest BCUT2D eigenvalue weighted by molar-refractivity contribution is -0.0779. The predicted octanol–water partition coefficient (Wildman–Crippen LogP) is -0.0787. The molecule has 86 valence electrons. The van der Waals surface area contributed by atoms with Gasteiger partial charge in [-0.25, -0.2) is 0 Å². The Balaban J connectivity index is 3.07. The molecule has 3 N–H and O–H groups in total. The normalized spacial score (nSPS) is 12.4. The molecule has 5 nitrogen and oxygen atoms in total. The molecule has 7 heteroatoms. The third-order valence-corrected chi connectivity index (χ3v) is 3.87. The fourth-order valence-electron chi connectivity index (χ4n) is 0.613. The first-order valence-corrected chi connectivity index (χ1v) is 7.97. The molecule has 0 aliphatic rings. The smallest absolute Gasteiger partial charge is 0.382 e. The van der Waals surface area contributed by atoms with E-state index >= 15 is 0 Å². The Kier molecular flexibility index (Phi) is 7.83. The molecule has 0 aromatic carbocycles. The van der Waals surface area contributed by atoms with E-state index in [0.717, 1.165) is 11.2 Å². The van der Waals surface area contributed by atoms with Gasteiger partial charge in [-0.2, -0.15) is 0 Å². The van der Waals surface area contributed by atoms with Crippen LogP contribution in [-0.2, 0) is 9.47 Å². The maximum atomic E-state index is 8.64. The summed E-state index contributed by atoms with van der Waals surface area (Å²) < 4.78 is 10.2. The van der Waals surface area contributed by atoms with Crippen LogP contribution in [0.2, 0.25) is 0 Å². The van der Waals surface area contributed by atoms with Crippen molar-refractivity contribution in [2.45, 2.75) is 26.4 Å². The molecule has 0 aliphatic carbocycles. The molecule has 0 saturated carbocycles. The quantitative estimate of drug-likeness (QED) is 0.314. The predicted molar refractivity (Wildman–Crippen MR) is 56.5 cm³/mol. The Labute approximate surface area is 89.1 Å². The van der Waals surface area contributed by atoms with E-state index in [1.807, 2.05) is 13.8 Å². The van der Waals surface area contributed by atoms with Crippen LogP contribution in [0.4, 0.5) is 0 Å². The molecule has 0 atom stereocenters. The van der Waals surface area contributed by atoms with Gasteiger partial charge in [0, 0.05) is 0 Å². The van der Waals surface area contributed by atoms with Gasteiger partial charge in [0.1, 0.15) is 6.79 Å². The van der Waals surface area contributed by atoms with Crippen molar-refractivity contribution in [2.75, 3.05) is 19.2 Å². The molecule has 0 aromatic heterocycles. The molecule has 0 amide bonds. The Morgan fingerprint density at radius 2 is 1.93 bits per heavy atom. The summed E-state index contributed by atoms with van der Waals surface area (Å²) in [5.41, 5.74) is 0. The average Bonchev–Trinajstić information content (AvgIpc) is 2.00.